The molecule has 0 aliphatic heterocycles. The number of hydrogen-bond donors (Lipinski definition) is 1. The summed E-state index contributed by atoms with van der Waals surface area (Å²) in [6.07, 6.45) is 69.4. The van der Waals surface area contributed by atoms with Crippen LogP contribution in [-0.2, 0) is 14.3 Å². The van der Waals surface area contributed by atoms with E-state index in [2.05, 4.69) is 98.9 Å². The molecule has 0 rings (SSSR count). The third-order valence-corrected chi connectivity index (χ3v) is 10.2. The number of carbonyl (C=O) groups is 1. The molecule has 1 N–H and O–H groups in total. The number of aliphatic hydroxyl groups is 1. The van der Waals surface area contributed by atoms with E-state index in [-0.39, 0.29) is 19.2 Å². The van der Waals surface area contributed by atoms with Gasteiger partial charge in [0.15, 0.2) is 0 Å². The van der Waals surface area contributed by atoms with Gasteiger partial charge in [0.25, 0.3) is 0 Å². The van der Waals surface area contributed by atoms with Gasteiger partial charge in [-0.3, -0.25) is 4.79 Å². The Balaban J connectivity index is 3.48. The highest BCUT2D eigenvalue weighted by Crippen LogP contribution is 2.14. The Morgan fingerprint density at radius 3 is 1.19 bits per heavy atom. The lowest BCUT2D eigenvalue weighted by Crippen LogP contribution is -2.27. The highest BCUT2D eigenvalue weighted by atomic mass is 16.6. The van der Waals surface area contributed by atoms with Crippen molar-refractivity contribution in [2.75, 3.05) is 19.8 Å². The second kappa shape index (κ2) is 49.7. The van der Waals surface area contributed by atoms with Crippen LogP contribution in [-0.4, -0.2) is 37.0 Å². The van der Waals surface area contributed by atoms with Gasteiger partial charge in [-0.2, -0.15) is 0 Å². The van der Waals surface area contributed by atoms with Crippen LogP contribution in [0.5, 0.6) is 0 Å². The highest BCUT2D eigenvalue weighted by molar-refractivity contribution is 5.69. The lowest BCUT2D eigenvalue weighted by Gasteiger charge is -2.16. The first kappa shape index (κ1) is 54.6. The molecule has 0 saturated heterocycles. The van der Waals surface area contributed by atoms with Crippen molar-refractivity contribution in [3.63, 3.8) is 0 Å². The van der Waals surface area contributed by atoms with Gasteiger partial charge in [0, 0.05) is 13.0 Å². The van der Waals surface area contributed by atoms with Gasteiger partial charge in [0.2, 0.25) is 0 Å². The van der Waals surface area contributed by atoms with Crippen molar-refractivity contribution in [1.29, 1.82) is 0 Å². The van der Waals surface area contributed by atoms with Gasteiger partial charge in [-0.1, -0.05) is 208 Å². The minimum Gasteiger partial charge on any atom is -0.457 e. The van der Waals surface area contributed by atoms with Gasteiger partial charge < -0.3 is 14.6 Å². The summed E-state index contributed by atoms with van der Waals surface area (Å²) in [7, 11) is 0. The molecule has 0 fully saturated rings. The van der Waals surface area contributed by atoms with E-state index < -0.39 is 6.10 Å². The highest BCUT2D eigenvalue weighted by Gasteiger charge is 2.13. The van der Waals surface area contributed by atoms with Crippen LogP contribution < -0.4 is 0 Å². The first-order chi connectivity index (χ1) is 28.2. The van der Waals surface area contributed by atoms with Crippen molar-refractivity contribution in [1.82, 2.24) is 0 Å². The van der Waals surface area contributed by atoms with E-state index in [0.29, 0.717) is 13.0 Å². The van der Waals surface area contributed by atoms with Gasteiger partial charge in [-0.05, 0) is 89.9 Å². The van der Waals surface area contributed by atoms with Crippen LogP contribution in [0.1, 0.15) is 219 Å². The number of hydrogen-bond acceptors (Lipinski definition) is 4. The molecule has 0 aromatic heterocycles. The first-order valence-corrected chi connectivity index (χ1v) is 24.2. The molecule has 1 unspecified atom stereocenters. The predicted molar refractivity (Wildman–Crippen MR) is 251 cm³/mol. The van der Waals surface area contributed by atoms with E-state index in [9.17, 15) is 9.90 Å². The largest absolute Gasteiger partial charge is 0.457 e. The number of esters is 1. The molecule has 0 aliphatic carbocycles. The van der Waals surface area contributed by atoms with Crippen LogP contribution in [0, 0.1) is 0 Å². The van der Waals surface area contributed by atoms with E-state index in [4.69, 9.17) is 9.47 Å². The van der Waals surface area contributed by atoms with E-state index in [1.54, 1.807) is 0 Å². The SMILES string of the molecule is CC/C=C\C/C=C\C/C=C\C/C=C\CCCCCCCCCOCC(CO)OC(=O)CCCCCCCCCCCC/C=C\C/C=C\C/C=C\CCCCCCC. The second-order valence-corrected chi connectivity index (χ2v) is 15.8. The maximum Gasteiger partial charge on any atom is 0.306 e. The minimum absolute atomic E-state index is 0.182. The summed E-state index contributed by atoms with van der Waals surface area (Å²) in [5.41, 5.74) is 0. The molecular formula is C53H92O4. The molecule has 0 aromatic carbocycles. The molecule has 0 saturated carbocycles. The third kappa shape index (κ3) is 47.8. The van der Waals surface area contributed by atoms with Gasteiger partial charge in [0.1, 0.15) is 6.10 Å². The fourth-order valence-electron chi connectivity index (χ4n) is 6.62. The summed E-state index contributed by atoms with van der Waals surface area (Å²) >= 11 is 0. The van der Waals surface area contributed by atoms with Crippen LogP contribution in [0.15, 0.2) is 85.1 Å². The molecule has 0 bridgehead atoms. The Hall–Kier alpha value is -2.43. The van der Waals surface area contributed by atoms with Crippen LogP contribution >= 0.6 is 0 Å². The van der Waals surface area contributed by atoms with Crippen LogP contribution in [0.3, 0.4) is 0 Å². The molecule has 4 heteroatoms. The van der Waals surface area contributed by atoms with Crippen molar-refractivity contribution >= 4 is 5.97 Å². The molecule has 328 valence electrons. The lowest BCUT2D eigenvalue weighted by molar-refractivity contribution is -0.154. The molecular weight excluding hydrogens is 701 g/mol. The summed E-state index contributed by atoms with van der Waals surface area (Å²) in [5.74, 6) is -0.211. The van der Waals surface area contributed by atoms with Gasteiger partial charge >= 0.3 is 5.97 Å². The van der Waals surface area contributed by atoms with Crippen LogP contribution in [0.25, 0.3) is 0 Å². The Morgan fingerprint density at radius 1 is 0.439 bits per heavy atom. The Kier molecular flexibility index (Phi) is 47.6. The predicted octanol–water partition coefficient (Wildman–Crippen LogP) is 16.3. The van der Waals surface area contributed by atoms with E-state index >= 15 is 0 Å². The minimum atomic E-state index is -0.548. The van der Waals surface area contributed by atoms with Crippen molar-refractivity contribution in [2.45, 2.75) is 225 Å². The average molecular weight is 793 g/mol. The number of carbonyl (C=O) groups excluding carboxylic acids is 1. The normalized spacial score (nSPS) is 13.1. The topological polar surface area (TPSA) is 55.8 Å². The zero-order chi connectivity index (χ0) is 41.2. The number of rotatable bonds is 44. The van der Waals surface area contributed by atoms with E-state index in [0.717, 1.165) is 64.2 Å². The number of aliphatic hydroxyl groups excluding tert-OH is 1. The van der Waals surface area contributed by atoms with Crippen LogP contribution in [0.2, 0.25) is 0 Å². The summed E-state index contributed by atoms with van der Waals surface area (Å²) in [6, 6.07) is 0. The molecule has 4 nitrogen and oxygen atoms in total. The smallest absolute Gasteiger partial charge is 0.306 e. The molecule has 0 aromatic rings. The fourth-order valence-corrected chi connectivity index (χ4v) is 6.62. The van der Waals surface area contributed by atoms with Crippen molar-refractivity contribution in [3.05, 3.63) is 85.1 Å². The molecule has 0 heterocycles. The van der Waals surface area contributed by atoms with Gasteiger partial charge in [0.05, 0.1) is 13.2 Å². The first-order valence-electron chi connectivity index (χ1n) is 24.2. The van der Waals surface area contributed by atoms with Crippen molar-refractivity contribution in [3.8, 4) is 0 Å². The monoisotopic (exact) mass is 793 g/mol. The standard InChI is InChI=1S/C53H92O4/c1-3-5-7-9-11-13-15-17-19-21-23-25-26-27-28-29-30-32-34-36-38-40-42-44-46-48-53(55)57-52(50-54)51-56-49-47-45-43-41-39-37-35-33-31-24-22-20-18-16-14-12-10-8-6-4-2/h6,8,12,14-15,17-18,20-21,23-24,26-27,31,52,54H,3-5,7,9-11,13,16,19,22,25,28-30,32-51H2,1-2H3/b8-6-,14-12-,17-15-,20-18-,23-21-,27-26-,31-24-. The summed E-state index contributed by atoms with van der Waals surface area (Å²) in [6.45, 7) is 5.20. The molecule has 0 aliphatic rings. The maximum absolute atomic E-state index is 12.3. The Bertz CT molecular complexity index is 1020. The Labute approximate surface area is 354 Å². The molecule has 0 radical (unpaired) electrons. The third-order valence-electron chi connectivity index (χ3n) is 10.2. The van der Waals surface area contributed by atoms with Gasteiger partial charge in [-0.15, -0.1) is 0 Å². The summed E-state index contributed by atoms with van der Waals surface area (Å²) in [4.78, 5) is 12.3. The second-order valence-electron chi connectivity index (χ2n) is 15.8. The summed E-state index contributed by atoms with van der Waals surface area (Å²) < 4.78 is 11.2. The number of ether oxygens (including phenoxy) is 2. The molecule has 1 atom stereocenters. The zero-order valence-corrected chi connectivity index (χ0v) is 37.6. The van der Waals surface area contributed by atoms with Gasteiger partial charge in [-0.25, -0.2) is 0 Å². The average Bonchev–Trinajstić information content (AvgIpc) is 3.22. The van der Waals surface area contributed by atoms with Crippen molar-refractivity contribution in [2.24, 2.45) is 0 Å². The quantitative estimate of drug-likeness (QED) is 0.0379. The molecule has 0 amide bonds. The van der Waals surface area contributed by atoms with E-state index in [1.165, 1.54) is 135 Å². The lowest BCUT2D eigenvalue weighted by atomic mass is 10.0. The fraction of sp³-hybridized carbons (Fsp3) is 0.717. The van der Waals surface area contributed by atoms with E-state index in [1.807, 2.05) is 0 Å². The van der Waals surface area contributed by atoms with Crippen LogP contribution in [0.4, 0.5) is 0 Å². The maximum atomic E-state index is 12.3. The molecule has 0 spiro atoms. The van der Waals surface area contributed by atoms with Crippen molar-refractivity contribution < 1.29 is 19.4 Å². The summed E-state index contributed by atoms with van der Waals surface area (Å²) in [5, 5.41) is 9.64. The Morgan fingerprint density at radius 2 is 0.789 bits per heavy atom. The zero-order valence-electron chi connectivity index (χ0n) is 37.6. The number of allylic oxidation sites excluding steroid dienone is 14. The number of unbranched alkanes of at least 4 members (excludes halogenated alkanes) is 22. The molecule has 57 heavy (non-hydrogen) atoms.